The molecule has 0 radical (unpaired) electrons. The minimum atomic E-state index is -4.51. The molecule has 2 heterocycles. The van der Waals surface area contributed by atoms with Crippen LogP contribution in [0.5, 0.6) is 0 Å². The molecule has 1 aromatic carbocycles. The maximum atomic E-state index is 13.1. The van der Waals surface area contributed by atoms with Crippen molar-refractivity contribution in [2.75, 3.05) is 20.2 Å². The Balaban J connectivity index is 1.89. The monoisotopic (exact) mass is 422 g/mol. The van der Waals surface area contributed by atoms with E-state index in [9.17, 15) is 18.0 Å². The van der Waals surface area contributed by atoms with Crippen LogP contribution < -0.4 is 0 Å². The van der Waals surface area contributed by atoms with Crippen LogP contribution in [0.1, 0.15) is 43.7 Å². The normalized spacial score (nSPS) is 16.7. The van der Waals surface area contributed by atoms with Gasteiger partial charge in [0.25, 0.3) is 0 Å². The van der Waals surface area contributed by atoms with Gasteiger partial charge >= 0.3 is 12.3 Å². The lowest BCUT2D eigenvalue weighted by Crippen LogP contribution is -2.38. The van der Waals surface area contributed by atoms with E-state index in [4.69, 9.17) is 9.47 Å². The molecule has 2 aromatic rings. The molecule has 0 fully saturated rings. The predicted molar refractivity (Wildman–Crippen MR) is 106 cm³/mol. The minimum Gasteiger partial charge on any atom is -0.444 e. The number of alkyl halides is 3. The fourth-order valence-electron chi connectivity index (χ4n) is 3.42. The minimum absolute atomic E-state index is 0.273. The van der Waals surface area contributed by atoms with Crippen molar-refractivity contribution in [2.24, 2.45) is 0 Å². The number of carbonyl (C=O) groups is 1. The topological polar surface area (TPSA) is 51.7 Å². The fraction of sp³-hybridized carbons (Fsp3) is 0.455. The van der Waals surface area contributed by atoms with Gasteiger partial charge < -0.3 is 14.4 Å². The van der Waals surface area contributed by atoms with Gasteiger partial charge in [-0.2, -0.15) is 13.2 Å². The SMILES string of the molecule is CN(C[C@H]1OCCc2c(-c3ccnc(C(F)(F)F)c3)cccc21)C(=O)OC(C)(C)C. The first-order valence-corrected chi connectivity index (χ1v) is 9.67. The smallest absolute Gasteiger partial charge is 0.433 e. The van der Waals surface area contributed by atoms with Crippen molar-refractivity contribution >= 4 is 6.09 Å². The summed E-state index contributed by atoms with van der Waals surface area (Å²) >= 11 is 0. The number of benzene rings is 1. The maximum Gasteiger partial charge on any atom is 0.433 e. The highest BCUT2D eigenvalue weighted by Gasteiger charge is 2.33. The molecule has 1 atom stereocenters. The van der Waals surface area contributed by atoms with E-state index in [0.717, 1.165) is 17.2 Å². The number of nitrogens with zero attached hydrogens (tertiary/aromatic N) is 2. The van der Waals surface area contributed by atoms with Crippen molar-refractivity contribution in [2.45, 2.75) is 45.1 Å². The van der Waals surface area contributed by atoms with Gasteiger partial charge in [0.1, 0.15) is 17.4 Å². The van der Waals surface area contributed by atoms with E-state index in [1.54, 1.807) is 46.0 Å². The number of rotatable bonds is 3. The average molecular weight is 422 g/mol. The summed E-state index contributed by atoms with van der Waals surface area (Å²) in [5.41, 5.74) is 1.42. The van der Waals surface area contributed by atoms with Crippen LogP contribution in [0.3, 0.4) is 0 Å². The predicted octanol–water partition coefficient (Wildman–Crippen LogP) is 5.25. The summed E-state index contributed by atoms with van der Waals surface area (Å²) in [7, 11) is 1.63. The van der Waals surface area contributed by atoms with Gasteiger partial charge in [-0.25, -0.2) is 4.79 Å². The summed E-state index contributed by atoms with van der Waals surface area (Å²) in [5, 5.41) is 0. The summed E-state index contributed by atoms with van der Waals surface area (Å²) < 4.78 is 50.5. The van der Waals surface area contributed by atoms with E-state index in [1.165, 1.54) is 11.1 Å². The lowest BCUT2D eigenvalue weighted by atomic mass is 9.89. The molecule has 0 saturated heterocycles. The van der Waals surface area contributed by atoms with Gasteiger partial charge in [0.2, 0.25) is 0 Å². The molecule has 1 aliphatic rings. The Kier molecular flexibility index (Phi) is 6.08. The van der Waals surface area contributed by atoms with Crippen LogP contribution >= 0.6 is 0 Å². The van der Waals surface area contributed by atoms with Crippen LogP contribution in [-0.4, -0.2) is 41.8 Å². The molecule has 1 aliphatic heterocycles. The lowest BCUT2D eigenvalue weighted by Gasteiger charge is -2.32. The number of likely N-dealkylation sites (N-methyl/N-ethyl adjacent to an activating group) is 1. The molecule has 0 saturated carbocycles. The van der Waals surface area contributed by atoms with Crippen molar-refractivity contribution in [3.8, 4) is 11.1 Å². The Bertz CT molecular complexity index is 923. The Labute approximate surface area is 173 Å². The highest BCUT2D eigenvalue weighted by molar-refractivity contribution is 5.70. The molecule has 162 valence electrons. The number of hydrogen-bond acceptors (Lipinski definition) is 4. The van der Waals surface area contributed by atoms with Crippen molar-refractivity contribution in [1.29, 1.82) is 0 Å². The average Bonchev–Trinajstić information content (AvgIpc) is 2.66. The second-order valence-corrected chi connectivity index (χ2v) is 8.27. The molecule has 8 heteroatoms. The van der Waals surface area contributed by atoms with Crippen molar-refractivity contribution in [3.05, 3.63) is 53.3 Å². The summed E-state index contributed by atoms with van der Waals surface area (Å²) in [6, 6.07) is 8.11. The summed E-state index contributed by atoms with van der Waals surface area (Å²) in [5.74, 6) is 0. The van der Waals surface area contributed by atoms with E-state index >= 15 is 0 Å². The number of aromatic nitrogens is 1. The maximum absolute atomic E-state index is 13.1. The van der Waals surface area contributed by atoms with Gasteiger partial charge in [-0.1, -0.05) is 18.2 Å². The van der Waals surface area contributed by atoms with Crippen molar-refractivity contribution in [1.82, 2.24) is 9.88 Å². The van der Waals surface area contributed by atoms with Crippen molar-refractivity contribution in [3.63, 3.8) is 0 Å². The number of fused-ring (bicyclic) bond motifs is 1. The molecule has 0 spiro atoms. The Morgan fingerprint density at radius 1 is 1.27 bits per heavy atom. The number of halogens is 3. The summed E-state index contributed by atoms with van der Waals surface area (Å²) in [6.45, 7) is 6.06. The van der Waals surface area contributed by atoms with Gasteiger partial charge in [-0.15, -0.1) is 0 Å². The third-order valence-electron chi connectivity index (χ3n) is 4.74. The first kappa shape index (κ1) is 22.1. The van der Waals surface area contributed by atoms with Crippen LogP contribution in [0.15, 0.2) is 36.5 Å². The second kappa shape index (κ2) is 8.26. The van der Waals surface area contributed by atoms with E-state index in [2.05, 4.69) is 4.98 Å². The quantitative estimate of drug-likeness (QED) is 0.678. The van der Waals surface area contributed by atoms with Gasteiger partial charge in [0.15, 0.2) is 0 Å². The van der Waals surface area contributed by atoms with Crippen LogP contribution in [0.4, 0.5) is 18.0 Å². The Morgan fingerprint density at radius 2 is 2.00 bits per heavy atom. The number of ether oxygens (including phenoxy) is 2. The van der Waals surface area contributed by atoms with Gasteiger partial charge in [-0.05, 0) is 61.6 Å². The zero-order valence-electron chi connectivity index (χ0n) is 17.4. The van der Waals surface area contributed by atoms with Crippen LogP contribution in [0, 0.1) is 0 Å². The summed E-state index contributed by atoms with van der Waals surface area (Å²) in [6.07, 6.45) is -3.62. The third-order valence-corrected chi connectivity index (χ3v) is 4.74. The van der Waals surface area contributed by atoms with E-state index < -0.39 is 29.7 Å². The zero-order chi connectivity index (χ0) is 22.1. The molecule has 1 aromatic heterocycles. The van der Waals surface area contributed by atoms with Crippen LogP contribution in [0.25, 0.3) is 11.1 Å². The lowest BCUT2D eigenvalue weighted by molar-refractivity contribution is -0.141. The highest BCUT2D eigenvalue weighted by atomic mass is 19.4. The number of carbonyl (C=O) groups excluding carboxylic acids is 1. The third kappa shape index (κ3) is 5.11. The molecule has 0 bridgehead atoms. The number of hydrogen-bond donors (Lipinski definition) is 0. The summed E-state index contributed by atoms with van der Waals surface area (Å²) in [4.78, 5) is 17.2. The molecule has 3 rings (SSSR count). The largest absolute Gasteiger partial charge is 0.444 e. The van der Waals surface area contributed by atoms with Crippen molar-refractivity contribution < 1.29 is 27.4 Å². The molecule has 1 amide bonds. The van der Waals surface area contributed by atoms with Gasteiger partial charge in [-0.3, -0.25) is 4.98 Å². The number of pyridine rings is 1. The second-order valence-electron chi connectivity index (χ2n) is 8.27. The van der Waals surface area contributed by atoms with Gasteiger partial charge in [0.05, 0.1) is 13.2 Å². The molecular weight excluding hydrogens is 397 g/mol. The molecule has 0 N–H and O–H groups in total. The molecule has 5 nitrogen and oxygen atoms in total. The first-order valence-electron chi connectivity index (χ1n) is 9.67. The van der Waals surface area contributed by atoms with Gasteiger partial charge in [0, 0.05) is 13.2 Å². The van der Waals surface area contributed by atoms with Crippen LogP contribution in [-0.2, 0) is 22.1 Å². The zero-order valence-corrected chi connectivity index (χ0v) is 17.4. The van der Waals surface area contributed by atoms with E-state index in [0.29, 0.717) is 24.2 Å². The first-order chi connectivity index (χ1) is 14.0. The van der Waals surface area contributed by atoms with E-state index in [1.807, 2.05) is 6.07 Å². The highest BCUT2D eigenvalue weighted by Crippen LogP contribution is 2.36. The Morgan fingerprint density at radius 3 is 2.67 bits per heavy atom. The fourth-order valence-corrected chi connectivity index (χ4v) is 3.42. The standard InChI is InChI=1S/C22H25F3N2O3/c1-21(2,3)30-20(28)27(4)13-18-17-7-5-6-15(16(17)9-11-29-18)14-8-10-26-19(12-14)22(23,24)25/h5-8,10,12,18H,9,11,13H2,1-4H3/t18-/m1/s1. The molecule has 0 aliphatic carbocycles. The molecule has 30 heavy (non-hydrogen) atoms. The molecule has 0 unspecified atom stereocenters. The van der Waals surface area contributed by atoms with E-state index in [-0.39, 0.29) is 6.54 Å². The Hall–Kier alpha value is -2.61. The molecular formula is C22H25F3N2O3. The number of amides is 1. The van der Waals surface area contributed by atoms with Crippen LogP contribution in [0.2, 0.25) is 0 Å².